The van der Waals surface area contributed by atoms with Crippen molar-refractivity contribution in [3.05, 3.63) is 71.4 Å². The molecule has 2 saturated heterocycles. The lowest BCUT2D eigenvalue weighted by Crippen LogP contribution is -2.51. The van der Waals surface area contributed by atoms with Crippen LogP contribution in [0.3, 0.4) is 0 Å². The molecule has 4 amide bonds. The monoisotopic (exact) mass is 788 g/mol. The third-order valence-corrected chi connectivity index (χ3v) is 12.2. The van der Waals surface area contributed by atoms with Gasteiger partial charge in [0.2, 0.25) is 11.8 Å². The van der Waals surface area contributed by atoms with E-state index in [1.807, 2.05) is 43.7 Å². The van der Waals surface area contributed by atoms with E-state index in [0.717, 1.165) is 88.8 Å². The summed E-state index contributed by atoms with van der Waals surface area (Å²) >= 11 is 0. The van der Waals surface area contributed by atoms with Crippen LogP contribution >= 0.6 is 0 Å². The van der Waals surface area contributed by atoms with Gasteiger partial charge >= 0.3 is 12.2 Å². The number of likely N-dealkylation sites (tertiary alicyclic amines) is 2. The number of hydrogen-bond acceptors (Lipinski definition) is 8. The molecule has 4 atom stereocenters. The topological polar surface area (TPSA) is 175 Å². The van der Waals surface area contributed by atoms with Gasteiger partial charge in [0.05, 0.1) is 49.2 Å². The standard InChI is InChI=1S/C44H52N8O6/c1-23(2)36(49-43(55)57-5)41(53)51-19-7-9-34(51)39-45-22-33(47-39)31-17-14-27(29-15-16-30(29)31)25-11-13-28-26(21-25)12-18-32-38(28)48-40(46-32)35-10-8-20-52(35)42(54)37(24(3)4)50-44(56)58-6/h11-14,17-18,21-24,34-37H,7-10,15-16,19-20H2,1-6H3,(H,45,47)(H,46,48)(H,49,55)(H,50,56)/t34-,35-,36-,37-/m0/s1. The summed E-state index contributed by atoms with van der Waals surface area (Å²) in [5.41, 5.74) is 8.82. The number of benzene rings is 3. The molecule has 58 heavy (non-hydrogen) atoms. The first-order chi connectivity index (χ1) is 28.0. The lowest BCUT2D eigenvalue weighted by Gasteiger charge is -2.30. The molecule has 304 valence electrons. The highest BCUT2D eigenvalue weighted by molar-refractivity contribution is 6.05. The predicted octanol–water partition coefficient (Wildman–Crippen LogP) is 6.96. The summed E-state index contributed by atoms with van der Waals surface area (Å²) < 4.78 is 9.58. The Morgan fingerprint density at radius 2 is 1.33 bits per heavy atom. The zero-order valence-corrected chi connectivity index (χ0v) is 34.0. The zero-order chi connectivity index (χ0) is 40.8. The molecule has 14 nitrogen and oxygen atoms in total. The molecule has 2 fully saturated rings. The third-order valence-electron chi connectivity index (χ3n) is 12.2. The van der Waals surface area contributed by atoms with Gasteiger partial charge in [-0.3, -0.25) is 9.59 Å². The second-order valence-corrected chi connectivity index (χ2v) is 16.4. The minimum absolute atomic E-state index is 0.103. The molecule has 2 aromatic heterocycles. The third kappa shape index (κ3) is 7.02. The lowest BCUT2D eigenvalue weighted by molar-refractivity contribution is -0.136. The first-order valence-electron chi connectivity index (χ1n) is 20.4. The SMILES string of the molecule is COC(=O)N[C@H](C(=O)N1CCC[C@H]1c1ncc(-c2ccc(-c3ccc4c(ccc5[nH]c([C@@H]6CCCN6C(=O)[C@@H](NC(=O)OC)C(C)C)nc54)c3)c3c2CC3)[nH]1)C(C)C. The molecule has 0 saturated carbocycles. The Balaban J connectivity index is 1.02. The highest BCUT2D eigenvalue weighted by Gasteiger charge is 2.39. The van der Waals surface area contributed by atoms with Crippen molar-refractivity contribution < 1.29 is 28.7 Å². The Kier molecular flexibility index (Phi) is 10.6. The van der Waals surface area contributed by atoms with E-state index in [1.54, 1.807) is 0 Å². The second kappa shape index (κ2) is 15.8. The number of amides is 4. The number of fused-ring (bicyclic) bond motifs is 4. The van der Waals surface area contributed by atoms with Gasteiger partial charge in [-0.25, -0.2) is 19.6 Å². The van der Waals surface area contributed by atoms with E-state index >= 15 is 0 Å². The average Bonchev–Trinajstić information content (AvgIpc) is 4.04. The molecule has 5 aromatic rings. The fraction of sp³-hybridized carbons (Fsp3) is 0.455. The summed E-state index contributed by atoms with van der Waals surface area (Å²) in [6.07, 6.45) is 5.87. The normalized spacial score (nSPS) is 18.7. The van der Waals surface area contributed by atoms with E-state index in [9.17, 15) is 19.2 Å². The molecule has 8 rings (SSSR count). The predicted molar refractivity (Wildman–Crippen MR) is 220 cm³/mol. The summed E-state index contributed by atoms with van der Waals surface area (Å²) in [6, 6.07) is 13.3. The van der Waals surface area contributed by atoms with Gasteiger partial charge in [0.15, 0.2) is 0 Å². The van der Waals surface area contributed by atoms with Gasteiger partial charge < -0.3 is 39.9 Å². The number of H-pyrrole nitrogens is 2. The second-order valence-electron chi connectivity index (χ2n) is 16.4. The van der Waals surface area contributed by atoms with Crippen molar-refractivity contribution in [2.45, 2.75) is 90.4 Å². The van der Waals surface area contributed by atoms with E-state index < -0.39 is 24.3 Å². The molecule has 3 aliphatic rings. The van der Waals surface area contributed by atoms with Crippen molar-refractivity contribution in [3.8, 4) is 22.4 Å². The highest BCUT2D eigenvalue weighted by Crippen LogP contribution is 2.42. The lowest BCUT2D eigenvalue weighted by atomic mass is 9.79. The number of rotatable bonds is 10. The van der Waals surface area contributed by atoms with Crippen LogP contribution in [0.5, 0.6) is 0 Å². The summed E-state index contributed by atoms with van der Waals surface area (Å²) in [7, 11) is 2.60. The Morgan fingerprint density at radius 3 is 1.91 bits per heavy atom. The summed E-state index contributed by atoms with van der Waals surface area (Å²) in [6.45, 7) is 8.85. The number of aromatic amines is 2. The van der Waals surface area contributed by atoms with Crippen LogP contribution in [0, 0.1) is 11.8 Å². The highest BCUT2D eigenvalue weighted by atomic mass is 16.5. The van der Waals surface area contributed by atoms with E-state index in [1.165, 1.54) is 30.9 Å². The van der Waals surface area contributed by atoms with Gasteiger partial charge in [-0.05, 0) is 90.1 Å². The van der Waals surface area contributed by atoms with E-state index in [4.69, 9.17) is 19.4 Å². The smallest absolute Gasteiger partial charge is 0.407 e. The van der Waals surface area contributed by atoms with Crippen LogP contribution in [-0.4, -0.2) is 93.1 Å². The Labute approximate surface area is 337 Å². The van der Waals surface area contributed by atoms with Crippen molar-refractivity contribution in [2.75, 3.05) is 27.3 Å². The van der Waals surface area contributed by atoms with E-state index in [0.29, 0.717) is 13.1 Å². The molecule has 0 spiro atoms. The van der Waals surface area contributed by atoms with Gasteiger partial charge in [-0.15, -0.1) is 0 Å². The number of aromatic nitrogens is 4. The fourth-order valence-corrected chi connectivity index (χ4v) is 9.04. The van der Waals surface area contributed by atoms with E-state index in [-0.39, 0.29) is 35.7 Å². The van der Waals surface area contributed by atoms with Gasteiger partial charge in [-0.1, -0.05) is 58.0 Å². The van der Waals surface area contributed by atoms with Crippen LogP contribution < -0.4 is 10.6 Å². The number of carbonyl (C=O) groups excluding carboxylic acids is 4. The average molecular weight is 789 g/mol. The first-order valence-corrected chi connectivity index (χ1v) is 20.4. The molecule has 0 unspecified atom stereocenters. The molecule has 4 N–H and O–H groups in total. The molecule has 4 heterocycles. The van der Waals surface area contributed by atoms with Crippen LogP contribution in [0.4, 0.5) is 9.59 Å². The molecule has 1 aliphatic carbocycles. The number of nitrogens with zero attached hydrogens (tertiary/aromatic N) is 4. The summed E-state index contributed by atoms with van der Waals surface area (Å²) in [5, 5.41) is 7.56. The zero-order valence-electron chi connectivity index (χ0n) is 34.0. The molecular formula is C44H52N8O6. The maximum atomic E-state index is 13.7. The summed E-state index contributed by atoms with van der Waals surface area (Å²) in [4.78, 5) is 72.1. The number of carbonyl (C=O) groups is 4. The van der Waals surface area contributed by atoms with Gasteiger partial charge in [0.1, 0.15) is 23.7 Å². The van der Waals surface area contributed by atoms with Crippen LogP contribution in [0.1, 0.15) is 88.2 Å². The summed E-state index contributed by atoms with van der Waals surface area (Å²) in [5.74, 6) is 1.03. The van der Waals surface area contributed by atoms with Crippen molar-refractivity contribution >= 4 is 45.8 Å². The number of methoxy groups -OCH3 is 2. The number of nitrogens with one attached hydrogen (secondary N) is 4. The quantitative estimate of drug-likeness (QED) is 0.118. The largest absolute Gasteiger partial charge is 0.453 e. The first kappa shape index (κ1) is 38.9. The number of imidazole rings is 2. The number of hydrogen-bond donors (Lipinski definition) is 4. The molecular weight excluding hydrogens is 737 g/mol. The Morgan fingerprint density at radius 1 is 0.741 bits per heavy atom. The fourth-order valence-electron chi connectivity index (χ4n) is 9.04. The van der Waals surface area contributed by atoms with Crippen LogP contribution in [0.2, 0.25) is 0 Å². The maximum Gasteiger partial charge on any atom is 0.407 e. The van der Waals surface area contributed by atoms with Crippen LogP contribution in [0.15, 0.2) is 48.7 Å². The minimum atomic E-state index is -0.693. The molecule has 14 heteroatoms. The number of ether oxygens (including phenoxy) is 2. The maximum absolute atomic E-state index is 13.7. The van der Waals surface area contributed by atoms with Crippen LogP contribution in [0.25, 0.3) is 44.2 Å². The van der Waals surface area contributed by atoms with Gasteiger partial charge in [0.25, 0.3) is 0 Å². The van der Waals surface area contributed by atoms with Crippen molar-refractivity contribution in [1.29, 1.82) is 0 Å². The van der Waals surface area contributed by atoms with Crippen LogP contribution in [-0.2, 0) is 31.9 Å². The Hall–Kier alpha value is -5.92. The van der Waals surface area contributed by atoms with Crippen molar-refractivity contribution in [3.63, 3.8) is 0 Å². The number of alkyl carbamates (subject to hydrolysis) is 2. The molecule has 0 radical (unpaired) electrons. The Bertz CT molecular complexity index is 2400. The van der Waals surface area contributed by atoms with E-state index in [2.05, 4.69) is 63.1 Å². The minimum Gasteiger partial charge on any atom is -0.453 e. The van der Waals surface area contributed by atoms with Gasteiger partial charge in [-0.2, -0.15) is 0 Å². The molecule has 3 aromatic carbocycles. The van der Waals surface area contributed by atoms with Crippen molar-refractivity contribution in [2.24, 2.45) is 11.8 Å². The molecule has 2 aliphatic heterocycles. The van der Waals surface area contributed by atoms with Gasteiger partial charge in [0, 0.05) is 24.0 Å². The van der Waals surface area contributed by atoms with Crippen molar-refractivity contribution in [1.82, 2.24) is 40.4 Å². The molecule has 0 bridgehead atoms.